The van der Waals surface area contributed by atoms with E-state index in [9.17, 15) is 0 Å². The lowest BCUT2D eigenvalue weighted by Crippen LogP contribution is -2.08. The van der Waals surface area contributed by atoms with E-state index in [4.69, 9.17) is 4.74 Å². The van der Waals surface area contributed by atoms with E-state index < -0.39 is 0 Å². The molecule has 2 heterocycles. The second kappa shape index (κ2) is 5.59. The Hall–Kier alpha value is -1.95. The van der Waals surface area contributed by atoms with Crippen molar-refractivity contribution in [3.05, 3.63) is 30.4 Å². The molecule has 0 fully saturated rings. The van der Waals surface area contributed by atoms with Gasteiger partial charge in [0.25, 0.3) is 5.95 Å². The molecule has 0 radical (unpaired) electrons. The van der Waals surface area contributed by atoms with Crippen LogP contribution in [0.4, 0.5) is 0 Å². The highest BCUT2D eigenvalue weighted by molar-refractivity contribution is 5.20. The second-order valence-electron chi connectivity index (χ2n) is 4.21. The molecule has 2 aromatic rings. The van der Waals surface area contributed by atoms with Crippen LogP contribution in [0.25, 0.3) is 5.95 Å². The third-order valence-corrected chi connectivity index (χ3v) is 2.21. The molecule has 0 bridgehead atoms. The summed E-state index contributed by atoms with van der Waals surface area (Å²) in [6.45, 7) is 4.70. The SMILES string of the molecule is CNCc1cnc(-n2cc(OC(C)C)cn2)nc1. The van der Waals surface area contributed by atoms with Crippen molar-refractivity contribution in [3.8, 4) is 11.7 Å². The van der Waals surface area contributed by atoms with E-state index in [-0.39, 0.29) is 6.10 Å². The van der Waals surface area contributed by atoms with E-state index >= 15 is 0 Å². The molecule has 0 aliphatic carbocycles. The maximum absolute atomic E-state index is 5.53. The number of ether oxygens (including phenoxy) is 1. The van der Waals surface area contributed by atoms with Crippen LogP contribution in [0, 0.1) is 0 Å². The summed E-state index contributed by atoms with van der Waals surface area (Å²) >= 11 is 0. The largest absolute Gasteiger partial charge is 0.488 e. The van der Waals surface area contributed by atoms with Gasteiger partial charge in [-0.05, 0) is 20.9 Å². The zero-order valence-electron chi connectivity index (χ0n) is 10.8. The number of nitrogens with one attached hydrogen (secondary N) is 1. The van der Waals surface area contributed by atoms with E-state index in [0.29, 0.717) is 11.7 Å². The van der Waals surface area contributed by atoms with Crippen LogP contribution >= 0.6 is 0 Å². The Kier molecular flexibility index (Phi) is 3.88. The molecule has 96 valence electrons. The standard InChI is InChI=1S/C12H17N5O/c1-9(2)18-11-7-16-17(8-11)12-14-5-10(4-13-3)6-15-12/h5-9,13H,4H2,1-3H3. The Balaban J connectivity index is 2.13. The van der Waals surface area contributed by atoms with Crippen molar-refractivity contribution in [2.24, 2.45) is 0 Å². The van der Waals surface area contributed by atoms with Gasteiger partial charge in [-0.2, -0.15) is 5.10 Å². The van der Waals surface area contributed by atoms with Crippen molar-refractivity contribution in [1.82, 2.24) is 25.1 Å². The minimum atomic E-state index is 0.126. The predicted octanol–water partition coefficient (Wildman–Crippen LogP) is 1.17. The number of rotatable bonds is 5. The van der Waals surface area contributed by atoms with E-state index in [1.54, 1.807) is 29.5 Å². The minimum Gasteiger partial charge on any atom is -0.488 e. The Labute approximate surface area is 106 Å². The summed E-state index contributed by atoms with van der Waals surface area (Å²) in [7, 11) is 1.89. The van der Waals surface area contributed by atoms with Gasteiger partial charge in [-0.25, -0.2) is 14.6 Å². The van der Waals surface area contributed by atoms with Crippen LogP contribution in [0.2, 0.25) is 0 Å². The average Bonchev–Trinajstić information content (AvgIpc) is 2.78. The van der Waals surface area contributed by atoms with Gasteiger partial charge in [0.1, 0.15) is 0 Å². The predicted molar refractivity (Wildman–Crippen MR) is 67.7 cm³/mol. The average molecular weight is 247 g/mol. The van der Waals surface area contributed by atoms with Crippen LogP contribution in [-0.2, 0) is 6.54 Å². The summed E-state index contributed by atoms with van der Waals surface area (Å²) in [5.41, 5.74) is 1.03. The minimum absolute atomic E-state index is 0.126. The van der Waals surface area contributed by atoms with E-state index in [0.717, 1.165) is 12.1 Å². The van der Waals surface area contributed by atoms with E-state index in [2.05, 4.69) is 20.4 Å². The monoisotopic (exact) mass is 247 g/mol. The van der Waals surface area contributed by atoms with Gasteiger partial charge >= 0.3 is 0 Å². The molecule has 2 aromatic heterocycles. The molecule has 18 heavy (non-hydrogen) atoms. The quantitative estimate of drug-likeness (QED) is 0.859. The summed E-state index contributed by atoms with van der Waals surface area (Å²) in [5.74, 6) is 1.25. The zero-order valence-corrected chi connectivity index (χ0v) is 10.8. The summed E-state index contributed by atoms with van der Waals surface area (Å²) < 4.78 is 7.13. The highest BCUT2D eigenvalue weighted by Gasteiger charge is 2.05. The number of hydrogen-bond donors (Lipinski definition) is 1. The lowest BCUT2D eigenvalue weighted by molar-refractivity contribution is 0.242. The summed E-state index contributed by atoms with van der Waals surface area (Å²) in [6, 6.07) is 0. The van der Waals surface area contributed by atoms with Crippen molar-refractivity contribution in [2.45, 2.75) is 26.5 Å². The Bertz CT molecular complexity index is 491. The third-order valence-electron chi connectivity index (χ3n) is 2.21. The van der Waals surface area contributed by atoms with Gasteiger partial charge in [-0.1, -0.05) is 0 Å². The zero-order chi connectivity index (χ0) is 13.0. The number of hydrogen-bond acceptors (Lipinski definition) is 5. The van der Waals surface area contributed by atoms with Crippen LogP contribution in [0.5, 0.6) is 5.75 Å². The summed E-state index contributed by atoms with van der Waals surface area (Å²) in [4.78, 5) is 8.51. The van der Waals surface area contributed by atoms with Gasteiger partial charge in [0.2, 0.25) is 0 Å². The van der Waals surface area contributed by atoms with Crippen LogP contribution in [0.3, 0.4) is 0 Å². The summed E-state index contributed by atoms with van der Waals surface area (Å²) in [5, 5.41) is 7.21. The molecule has 6 nitrogen and oxygen atoms in total. The Morgan fingerprint density at radius 3 is 2.61 bits per heavy atom. The fourth-order valence-electron chi connectivity index (χ4n) is 1.51. The smallest absolute Gasteiger partial charge is 0.250 e. The maximum Gasteiger partial charge on any atom is 0.250 e. The van der Waals surface area contributed by atoms with Gasteiger partial charge in [0.15, 0.2) is 5.75 Å². The molecule has 0 aliphatic heterocycles. The first-order valence-electron chi connectivity index (χ1n) is 5.86. The molecule has 0 amide bonds. The van der Waals surface area contributed by atoms with Crippen molar-refractivity contribution < 1.29 is 4.74 Å². The van der Waals surface area contributed by atoms with E-state index in [1.165, 1.54) is 0 Å². The molecule has 0 aliphatic rings. The van der Waals surface area contributed by atoms with Crippen LogP contribution in [0.1, 0.15) is 19.4 Å². The second-order valence-corrected chi connectivity index (χ2v) is 4.21. The fourth-order valence-corrected chi connectivity index (χ4v) is 1.51. The highest BCUT2D eigenvalue weighted by Crippen LogP contribution is 2.12. The van der Waals surface area contributed by atoms with Gasteiger partial charge in [0.05, 0.1) is 18.5 Å². The number of aromatic nitrogens is 4. The van der Waals surface area contributed by atoms with Crippen molar-refractivity contribution in [3.63, 3.8) is 0 Å². The van der Waals surface area contributed by atoms with Crippen LogP contribution in [0.15, 0.2) is 24.8 Å². The molecule has 1 N–H and O–H groups in total. The first-order chi connectivity index (χ1) is 8.69. The molecule has 0 unspecified atom stereocenters. The van der Waals surface area contributed by atoms with Crippen LogP contribution < -0.4 is 10.1 Å². The maximum atomic E-state index is 5.53. The topological polar surface area (TPSA) is 64.9 Å². The van der Waals surface area contributed by atoms with Gasteiger partial charge in [0, 0.05) is 24.5 Å². The molecule has 6 heteroatoms. The lowest BCUT2D eigenvalue weighted by atomic mass is 10.3. The number of nitrogens with zero attached hydrogens (tertiary/aromatic N) is 4. The van der Waals surface area contributed by atoms with Gasteiger partial charge in [-0.15, -0.1) is 0 Å². The fraction of sp³-hybridized carbons (Fsp3) is 0.417. The molecular formula is C12H17N5O. The molecule has 0 saturated heterocycles. The van der Waals surface area contributed by atoms with Gasteiger partial charge < -0.3 is 10.1 Å². The van der Waals surface area contributed by atoms with E-state index in [1.807, 2.05) is 20.9 Å². The molecule has 0 spiro atoms. The van der Waals surface area contributed by atoms with Gasteiger partial charge in [-0.3, -0.25) is 0 Å². The first kappa shape index (κ1) is 12.5. The van der Waals surface area contributed by atoms with Crippen molar-refractivity contribution >= 4 is 0 Å². The van der Waals surface area contributed by atoms with Crippen molar-refractivity contribution in [1.29, 1.82) is 0 Å². The molecule has 0 saturated carbocycles. The molecule has 0 atom stereocenters. The third kappa shape index (κ3) is 3.04. The normalized spacial score (nSPS) is 10.9. The summed E-state index contributed by atoms with van der Waals surface area (Å²) in [6.07, 6.45) is 7.12. The molecular weight excluding hydrogens is 230 g/mol. The lowest BCUT2D eigenvalue weighted by Gasteiger charge is -2.05. The molecule has 2 rings (SSSR count). The highest BCUT2D eigenvalue weighted by atomic mass is 16.5. The van der Waals surface area contributed by atoms with Crippen LogP contribution in [-0.4, -0.2) is 32.9 Å². The Morgan fingerprint density at radius 2 is 2.00 bits per heavy atom. The Morgan fingerprint density at radius 1 is 1.28 bits per heavy atom. The van der Waals surface area contributed by atoms with Crippen molar-refractivity contribution in [2.75, 3.05) is 7.05 Å². The first-order valence-corrected chi connectivity index (χ1v) is 5.86. The molecule has 0 aromatic carbocycles.